The van der Waals surface area contributed by atoms with E-state index in [2.05, 4.69) is 0 Å². The van der Waals surface area contributed by atoms with Gasteiger partial charge in [0.2, 0.25) is 0 Å². The Morgan fingerprint density at radius 3 is 0.889 bits per heavy atom. The van der Waals surface area contributed by atoms with Crippen LogP contribution in [0.1, 0.15) is 6.42 Å². The summed E-state index contributed by atoms with van der Waals surface area (Å²) in [4.78, 5) is 0. The first kappa shape index (κ1) is 25.8. The highest BCUT2D eigenvalue weighted by Crippen LogP contribution is 2.65. The summed E-state index contributed by atoms with van der Waals surface area (Å²) in [6, 6.07) is 0. The molecule has 0 rings (SSSR count). The number of alkyl halides is 17. The molecule has 0 aliphatic carbocycles. The van der Waals surface area contributed by atoms with Crippen LogP contribution in [0.2, 0.25) is 0 Å². The lowest BCUT2D eigenvalue weighted by Gasteiger charge is -2.44. The van der Waals surface area contributed by atoms with Crippen molar-refractivity contribution in [2.45, 2.75) is 54.1 Å². The van der Waals surface area contributed by atoms with Crippen LogP contribution in [-0.2, 0) is 0 Å². The minimum absolute atomic E-state index is 1.88. The maximum atomic E-state index is 13.1. The van der Waals surface area contributed by atoms with Crippen LogP contribution in [-0.4, -0.2) is 47.6 Å². The lowest BCUT2D eigenvalue weighted by molar-refractivity contribution is -0.465. The number of halogens is 17. The minimum Gasteiger partial charge on any atom is -0.216 e. The van der Waals surface area contributed by atoms with Gasteiger partial charge in [-0.2, -0.15) is 70.2 Å². The van der Waals surface area contributed by atoms with Crippen molar-refractivity contribution in [2.75, 3.05) is 0 Å². The molecular weight excluding hydrogens is 443 g/mol. The van der Waals surface area contributed by atoms with Crippen molar-refractivity contribution in [3.8, 4) is 0 Å². The maximum Gasteiger partial charge on any atom is 0.438 e. The molecule has 0 bridgehead atoms. The van der Waals surface area contributed by atoms with Gasteiger partial charge in [-0.3, -0.25) is 0 Å². The standard InChI is InChI=1S/C10H4F17/c1-2-3(11,12)5(14,15)7(18,19)8(20,21)6(16,17)4(13,9(22,23)24)10(25,26)27/h1-2H2. The Morgan fingerprint density at radius 2 is 0.667 bits per heavy atom. The van der Waals surface area contributed by atoms with E-state index >= 15 is 0 Å². The molecule has 0 atom stereocenters. The van der Waals surface area contributed by atoms with Crippen LogP contribution in [0.4, 0.5) is 74.6 Å². The largest absolute Gasteiger partial charge is 0.438 e. The third kappa shape index (κ3) is 3.07. The van der Waals surface area contributed by atoms with Crippen molar-refractivity contribution in [3.63, 3.8) is 0 Å². The molecule has 0 aromatic heterocycles. The lowest BCUT2D eigenvalue weighted by Crippen LogP contribution is -2.76. The van der Waals surface area contributed by atoms with Crippen molar-refractivity contribution < 1.29 is 74.6 Å². The Labute approximate surface area is 137 Å². The first-order valence-corrected chi connectivity index (χ1v) is 5.82. The van der Waals surface area contributed by atoms with Crippen LogP contribution in [0.3, 0.4) is 0 Å². The second kappa shape index (κ2) is 6.15. The van der Waals surface area contributed by atoms with Crippen molar-refractivity contribution >= 4 is 0 Å². The SMILES string of the molecule is [CH2]CC(F)(F)C(F)(F)C(F)(F)C(F)(F)C(F)(F)C(F)(C(F)(F)F)C(F)(F)F. The average molecular weight is 447 g/mol. The van der Waals surface area contributed by atoms with E-state index in [4.69, 9.17) is 0 Å². The average Bonchev–Trinajstić information content (AvgIpc) is 2.42. The zero-order chi connectivity index (χ0) is 22.7. The van der Waals surface area contributed by atoms with Gasteiger partial charge in [0.05, 0.1) is 0 Å². The van der Waals surface area contributed by atoms with Crippen molar-refractivity contribution in [1.82, 2.24) is 0 Å². The maximum absolute atomic E-state index is 13.1. The van der Waals surface area contributed by atoms with Crippen LogP contribution in [0.25, 0.3) is 0 Å². The molecule has 163 valence electrons. The Morgan fingerprint density at radius 1 is 0.407 bits per heavy atom. The summed E-state index contributed by atoms with van der Waals surface area (Å²) >= 11 is 0. The molecule has 0 saturated heterocycles. The molecule has 0 aromatic rings. The second-order valence-electron chi connectivity index (χ2n) is 4.91. The van der Waals surface area contributed by atoms with Gasteiger partial charge in [-0.15, -0.1) is 0 Å². The molecule has 27 heavy (non-hydrogen) atoms. The van der Waals surface area contributed by atoms with Crippen LogP contribution in [0.15, 0.2) is 0 Å². The van der Waals surface area contributed by atoms with Gasteiger partial charge >= 0.3 is 47.6 Å². The summed E-state index contributed by atoms with van der Waals surface area (Å²) in [5.74, 6) is -39.7. The number of hydrogen-bond donors (Lipinski definition) is 0. The zero-order valence-electron chi connectivity index (χ0n) is 11.8. The predicted octanol–water partition coefficient (Wildman–Crippen LogP) is 6.22. The fraction of sp³-hybridized carbons (Fsp3) is 0.900. The van der Waals surface area contributed by atoms with E-state index in [1.165, 1.54) is 0 Å². The summed E-state index contributed by atoms with van der Waals surface area (Å²) in [6.45, 7) is 1.88. The quantitative estimate of drug-likeness (QED) is 0.425. The summed E-state index contributed by atoms with van der Waals surface area (Å²) in [5.41, 5.74) is -8.50. The highest BCUT2D eigenvalue weighted by Gasteiger charge is 2.96. The van der Waals surface area contributed by atoms with E-state index in [1.807, 2.05) is 6.92 Å². The molecule has 0 fully saturated rings. The van der Waals surface area contributed by atoms with E-state index < -0.39 is 54.1 Å². The van der Waals surface area contributed by atoms with Gasteiger partial charge in [-0.05, 0) is 6.92 Å². The van der Waals surface area contributed by atoms with E-state index in [-0.39, 0.29) is 0 Å². The van der Waals surface area contributed by atoms with Crippen molar-refractivity contribution in [3.05, 3.63) is 6.92 Å². The monoisotopic (exact) mass is 447 g/mol. The molecule has 0 N–H and O–H groups in total. The highest BCUT2D eigenvalue weighted by molar-refractivity contribution is 5.17. The number of rotatable bonds is 6. The van der Waals surface area contributed by atoms with Gasteiger partial charge in [0.1, 0.15) is 0 Å². The molecule has 17 heteroatoms. The molecule has 0 saturated carbocycles. The van der Waals surface area contributed by atoms with E-state index in [0.717, 1.165) is 0 Å². The fourth-order valence-electron chi connectivity index (χ4n) is 1.51. The van der Waals surface area contributed by atoms with E-state index in [1.54, 1.807) is 0 Å². The fourth-order valence-corrected chi connectivity index (χ4v) is 1.51. The smallest absolute Gasteiger partial charge is 0.216 e. The number of hydrogen-bond acceptors (Lipinski definition) is 0. The molecule has 0 aliphatic heterocycles. The minimum atomic E-state index is -8.71. The van der Waals surface area contributed by atoms with E-state index in [0.29, 0.717) is 0 Å². The molecule has 0 unspecified atom stereocenters. The predicted molar refractivity (Wildman–Crippen MR) is 50.7 cm³/mol. The first-order chi connectivity index (χ1) is 11.3. The summed E-state index contributed by atoms with van der Waals surface area (Å²) < 4.78 is 216. The summed E-state index contributed by atoms with van der Waals surface area (Å²) in [5, 5.41) is 0. The van der Waals surface area contributed by atoms with Crippen molar-refractivity contribution in [1.29, 1.82) is 0 Å². The first-order valence-electron chi connectivity index (χ1n) is 5.82. The van der Waals surface area contributed by atoms with Gasteiger partial charge in [0.15, 0.2) is 0 Å². The third-order valence-corrected chi connectivity index (χ3v) is 3.17. The molecular formula is C10H4F17. The zero-order valence-corrected chi connectivity index (χ0v) is 11.8. The molecule has 1 radical (unpaired) electrons. The lowest BCUT2D eigenvalue weighted by atomic mass is 9.84. The molecule has 0 nitrogen and oxygen atoms in total. The topological polar surface area (TPSA) is 0 Å². The van der Waals surface area contributed by atoms with Gasteiger partial charge in [0.25, 0.3) is 0 Å². The Kier molecular flexibility index (Phi) is 5.88. The second-order valence-corrected chi connectivity index (χ2v) is 4.91. The summed E-state index contributed by atoms with van der Waals surface area (Å²) in [7, 11) is 0. The van der Waals surface area contributed by atoms with Gasteiger partial charge in [-0.25, -0.2) is 4.39 Å². The van der Waals surface area contributed by atoms with Crippen LogP contribution in [0.5, 0.6) is 0 Å². The van der Waals surface area contributed by atoms with Crippen molar-refractivity contribution in [2.24, 2.45) is 0 Å². The third-order valence-electron chi connectivity index (χ3n) is 3.17. The molecule has 0 aliphatic rings. The molecule has 0 spiro atoms. The van der Waals surface area contributed by atoms with Crippen LogP contribution in [0, 0.1) is 6.92 Å². The summed E-state index contributed by atoms with van der Waals surface area (Å²) in [6.07, 6.45) is -18.9. The molecule has 0 heterocycles. The highest BCUT2D eigenvalue weighted by atomic mass is 19.4. The van der Waals surface area contributed by atoms with Gasteiger partial charge < -0.3 is 0 Å². The van der Waals surface area contributed by atoms with Gasteiger partial charge in [-0.1, -0.05) is 0 Å². The normalized spacial score (nSPS) is 16.7. The molecule has 0 aromatic carbocycles. The van der Waals surface area contributed by atoms with Crippen LogP contribution >= 0.6 is 0 Å². The molecule has 0 amide bonds. The Balaban J connectivity index is 6.89. The van der Waals surface area contributed by atoms with Crippen LogP contribution < -0.4 is 0 Å². The van der Waals surface area contributed by atoms with E-state index in [9.17, 15) is 74.6 Å². The Bertz CT molecular complexity index is 521. The van der Waals surface area contributed by atoms with Gasteiger partial charge in [0, 0.05) is 6.42 Å². The Hall–Kier alpha value is -1.19.